The Kier molecular flexibility index (Phi) is 9.47. The maximum Gasteiger partial charge on any atom is 0.226 e. The highest BCUT2D eigenvalue weighted by Crippen LogP contribution is 2.20. The fourth-order valence-corrected chi connectivity index (χ4v) is 5.38. The van der Waals surface area contributed by atoms with Crippen LogP contribution < -0.4 is 10.1 Å². The predicted octanol–water partition coefficient (Wildman–Crippen LogP) is 4.76. The highest BCUT2D eigenvalue weighted by Gasteiger charge is 2.12. The van der Waals surface area contributed by atoms with Crippen LogP contribution in [0.25, 0.3) is 0 Å². The number of hydrogen-bond donors (Lipinski definition) is 1. The molecule has 0 spiro atoms. The van der Waals surface area contributed by atoms with Gasteiger partial charge in [-0.15, -0.1) is 31.7 Å². The van der Waals surface area contributed by atoms with Crippen molar-refractivity contribution in [3.8, 4) is 5.75 Å². The third-order valence-corrected chi connectivity index (χ3v) is 7.28. The van der Waals surface area contributed by atoms with E-state index in [2.05, 4.69) is 37.9 Å². The molecule has 1 aliphatic heterocycles. The average Bonchev–Trinajstić information content (AvgIpc) is 3.47. The zero-order valence-electron chi connectivity index (χ0n) is 19.6. The van der Waals surface area contributed by atoms with Crippen molar-refractivity contribution in [2.75, 3.05) is 11.9 Å². The van der Waals surface area contributed by atoms with Gasteiger partial charge >= 0.3 is 0 Å². The Morgan fingerprint density at radius 1 is 0.800 bits per heavy atom. The maximum atomic E-state index is 12.6. The van der Waals surface area contributed by atoms with E-state index < -0.39 is 0 Å². The molecule has 0 aliphatic carbocycles. The first-order chi connectivity index (χ1) is 17.1. The summed E-state index contributed by atoms with van der Waals surface area (Å²) in [7, 11) is 0. The van der Waals surface area contributed by atoms with Crippen molar-refractivity contribution in [2.45, 2.75) is 64.2 Å². The topological polar surface area (TPSA) is 107 Å². The van der Waals surface area contributed by atoms with Gasteiger partial charge in [-0.2, -0.15) is 0 Å². The van der Waals surface area contributed by atoms with Gasteiger partial charge < -0.3 is 10.1 Å². The van der Waals surface area contributed by atoms with Gasteiger partial charge in [-0.25, -0.2) is 0 Å². The van der Waals surface area contributed by atoms with Crippen LogP contribution in [0, 0.1) is 0 Å². The number of nitrogens with one attached hydrogen (secondary N) is 1. The van der Waals surface area contributed by atoms with Gasteiger partial charge in [0, 0.05) is 25.7 Å². The number of carbonyl (C=O) groups is 2. The van der Waals surface area contributed by atoms with Crippen molar-refractivity contribution < 1.29 is 14.3 Å². The molecule has 0 saturated carbocycles. The molecule has 6 bridgehead atoms. The van der Waals surface area contributed by atoms with Crippen molar-refractivity contribution in [3.63, 3.8) is 0 Å². The summed E-state index contributed by atoms with van der Waals surface area (Å²) in [5.41, 5.74) is 0.937. The van der Waals surface area contributed by atoms with Gasteiger partial charge in [0.1, 0.15) is 26.6 Å². The van der Waals surface area contributed by atoms with E-state index in [0.29, 0.717) is 31.0 Å². The molecule has 10 heteroatoms. The summed E-state index contributed by atoms with van der Waals surface area (Å²) in [5.74, 6) is 0.851. The van der Waals surface area contributed by atoms with Crippen LogP contribution in [0.4, 0.5) is 5.13 Å². The van der Waals surface area contributed by atoms with Crippen LogP contribution in [0.3, 0.4) is 0 Å². The summed E-state index contributed by atoms with van der Waals surface area (Å²) in [6.45, 7) is 0.557. The molecule has 1 N–H and O–H groups in total. The number of ether oxygens (including phenoxy) is 1. The number of carbonyl (C=O) groups excluding carboxylic acids is 2. The van der Waals surface area contributed by atoms with Gasteiger partial charge in [-0.05, 0) is 49.8 Å². The lowest BCUT2D eigenvalue weighted by Crippen LogP contribution is -2.10. The Morgan fingerprint density at radius 2 is 1.57 bits per heavy atom. The quantitative estimate of drug-likeness (QED) is 0.434. The van der Waals surface area contributed by atoms with E-state index in [0.717, 1.165) is 71.3 Å². The predicted molar refractivity (Wildman–Crippen MR) is 137 cm³/mol. The number of amides is 1. The van der Waals surface area contributed by atoms with Gasteiger partial charge in [0.15, 0.2) is 0 Å². The average molecular weight is 512 g/mol. The molecule has 0 unspecified atom stereocenters. The lowest BCUT2D eigenvalue weighted by molar-refractivity contribution is -0.118. The molecular weight excluding hydrogens is 482 g/mol. The number of allylic oxidation sites excluding steroid dienone is 1. The normalized spacial score (nSPS) is 17.8. The lowest BCUT2D eigenvalue weighted by Gasteiger charge is -2.06. The Hall–Kier alpha value is -2.98. The number of benzene rings is 1. The first-order valence-corrected chi connectivity index (χ1v) is 13.6. The number of aromatic nitrogens is 4. The van der Waals surface area contributed by atoms with Crippen molar-refractivity contribution in [2.24, 2.45) is 0 Å². The molecule has 1 aromatic carbocycles. The Bertz CT molecular complexity index is 1160. The van der Waals surface area contributed by atoms with Crippen molar-refractivity contribution in [3.05, 3.63) is 57.0 Å². The number of anilines is 1. The van der Waals surface area contributed by atoms with E-state index >= 15 is 0 Å². The number of fused-ring (bicyclic) bond motifs is 6. The molecule has 0 fully saturated rings. The number of hydrogen-bond acceptors (Lipinski definition) is 9. The minimum atomic E-state index is -0.0312. The van der Waals surface area contributed by atoms with E-state index in [1.165, 1.54) is 22.7 Å². The van der Waals surface area contributed by atoms with E-state index in [9.17, 15) is 9.59 Å². The third kappa shape index (κ3) is 8.63. The maximum absolute atomic E-state index is 12.6. The number of ketones is 1. The van der Waals surface area contributed by atoms with E-state index in [1.807, 2.05) is 24.3 Å². The van der Waals surface area contributed by atoms with Crippen LogP contribution in [0.2, 0.25) is 0 Å². The summed E-state index contributed by atoms with van der Waals surface area (Å²) in [6, 6.07) is 7.69. The summed E-state index contributed by atoms with van der Waals surface area (Å²) < 4.78 is 5.84. The van der Waals surface area contributed by atoms with E-state index in [-0.39, 0.29) is 11.7 Å². The third-order valence-electron chi connectivity index (χ3n) is 5.40. The van der Waals surface area contributed by atoms with Crippen LogP contribution in [0.1, 0.15) is 59.1 Å². The van der Waals surface area contributed by atoms with Gasteiger partial charge in [-0.1, -0.05) is 35.6 Å². The Morgan fingerprint density at radius 3 is 2.46 bits per heavy atom. The second-order valence-corrected chi connectivity index (χ2v) is 10.6. The van der Waals surface area contributed by atoms with Crippen LogP contribution >= 0.6 is 22.7 Å². The highest BCUT2D eigenvalue weighted by atomic mass is 32.1. The van der Waals surface area contributed by atoms with Crippen LogP contribution in [-0.2, 0) is 35.3 Å². The standard InChI is InChI=1S/C25H29N5O3S2/c31-19-15-18-9-8-10-20(16-18)33-14-7-3-1-2-4-11-21(32)26-25-30-28-23(35-25)13-6-5-12-22-27-29-24(17-19)34-22/h1,3,8-10,16H,2,4-7,11-15,17H2,(H,26,30,32)/b3-1+. The molecule has 1 amide bonds. The molecular formula is C25H29N5O3S2. The van der Waals surface area contributed by atoms with E-state index in [1.54, 1.807) is 0 Å². The molecule has 3 aromatic rings. The summed E-state index contributed by atoms with van der Waals surface area (Å²) in [5, 5.41) is 22.8. The van der Waals surface area contributed by atoms with Crippen molar-refractivity contribution >= 4 is 39.5 Å². The second kappa shape index (κ2) is 13.2. The monoisotopic (exact) mass is 511 g/mol. The minimum absolute atomic E-state index is 0.0312. The molecule has 1 aliphatic rings. The van der Waals surface area contributed by atoms with Crippen LogP contribution in [-0.4, -0.2) is 38.7 Å². The summed E-state index contributed by atoms with van der Waals surface area (Å²) in [4.78, 5) is 24.7. The first kappa shape index (κ1) is 25.1. The fourth-order valence-electron chi connectivity index (χ4n) is 3.67. The smallest absolute Gasteiger partial charge is 0.226 e. The highest BCUT2D eigenvalue weighted by molar-refractivity contribution is 7.15. The fraction of sp³-hybridized carbons (Fsp3) is 0.440. The second-order valence-electron chi connectivity index (χ2n) is 8.39. The molecule has 35 heavy (non-hydrogen) atoms. The molecule has 0 radical (unpaired) electrons. The van der Waals surface area contributed by atoms with Crippen LogP contribution in [0.15, 0.2) is 36.4 Å². The van der Waals surface area contributed by atoms with Gasteiger partial charge in [0.25, 0.3) is 0 Å². The molecule has 4 rings (SSSR count). The number of rotatable bonds is 0. The van der Waals surface area contributed by atoms with Crippen molar-refractivity contribution in [1.29, 1.82) is 0 Å². The SMILES string of the molecule is O=C1Cc2cccc(c2)OCC/C=C/CCCC(=O)Nc2nnc(s2)CCCCc2nnc(s2)C1. The molecule has 184 valence electrons. The molecule has 2 aromatic heterocycles. The largest absolute Gasteiger partial charge is 0.493 e. The van der Waals surface area contributed by atoms with Gasteiger partial charge in [0.05, 0.1) is 13.0 Å². The molecule has 3 heterocycles. The van der Waals surface area contributed by atoms with Crippen molar-refractivity contribution in [1.82, 2.24) is 20.4 Å². The zero-order chi connectivity index (χ0) is 24.3. The van der Waals surface area contributed by atoms with Gasteiger partial charge in [-0.3, -0.25) is 9.59 Å². The molecule has 8 nitrogen and oxygen atoms in total. The Labute approximate surface area is 212 Å². The minimum Gasteiger partial charge on any atom is -0.493 e. The first-order valence-electron chi connectivity index (χ1n) is 12.0. The Balaban J connectivity index is 1.37. The zero-order valence-corrected chi connectivity index (χ0v) is 21.2. The summed E-state index contributed by atoms with van der Waals surface area (Å²) in [6.07, 6.45) is 11.2. The molecule has 0 saturated heterocycles. The van der Waals surface area contributed by atoms with Crippen LogP contribution in [0.5, 0.6) is 5.75 Å². The van der Waals surface area contributed by atoms with E-state index in [4.69, 9.17) is 4.74 Å². The molecule has 0 atom stereocenters. The number of aryl methyl sites for hydroxylation is 2. The number of Topliss-reactive ketones (excluding diaryl/α,β-unsaturated/α-hetero) is 1. The lowest BCUT2D eigenvalue weighted by atomic mass is 10.1. The number of nitrogens with zero attached hydrogens (tertiary/aromatic N) is 4. The summed E-state index contributed by atoms with van der Waals surface area (Å²) >= 11 is 2.94. The van der Waals surface area contributed by atoms with Gasteiger partial charge in [0.2, 0.25) is 11.0 Å².